The number of ether oxygens (including phenoxy) is 1. The molecule has 3 atom stereocenters. The number of aromatic nitrogens is 2. The minimum atomic E-state index is 0.153. The van der Waals surface area contributed by atoms with Gasteiger partial charge in [-0.3, -0.25) is 14.4 Å². The van der Waals surface area contributed by atoms with Gasteiger partial charge in [-0.25, -0.2) is 0 Å². The van der Waals surface area contributed by atoms with Crippen molar-refractivity contribution in [2.24, 2.45) is 0 Å². The van der Waals surface area contributed by atoms with Crippen molar-refractivity contribution in [1.82, 2.24) is 19.6 Å². The third-order valence-electron chi connectivity index (χ3n) is 5.70. The number of rotatable bonds is 5. The van der Waals surface area contributed by atoms with E-state index in [4.69, 9.17) is 4.74 Å². The average molecular weight is 334 g/mol. The molecule has 24 heavy (non-hydrogen) atoms. The molecule has 1 saturated heterocycles. The van der Waals surface area contributed by atoms with Crippen molar-refractivity contribution in [2.45, 2.75) is 64.3 Å². The van der Waals surface area contributed by atoms with Gasteiger partial charge in [-0.2, -0.15) is 5.10 Å². The number of aryl methyl sites for hydroxylation is 2. The van der Waals surface area contributed by atoms with E-state index in [9.17, 15) is 4.79 Å². The Morgan fingerprint density at radius 3 is 2.79 bits per heavy atom. The lowest BCUT2D eigenvalue weighted by atomic mass is 10.1. The van der Waals surface area contributed by atoms with E-state index < -0.39 is 0 Å². The predicted octanol–water partition coefficient (Wildman–Crippen LogP) is 1.60. The second-order valence-corrected chi connectivity index (χ2v) is 7.30. The molecule has 1 amide bonds. The summed E-state index contributed by atoms with van der Waals surface area (Å²) in [5.74, 6) is 0.153. The molecule has 0 spiro atoms. The van der Waals surface area contributed by atoms with Gasteiger partial charge in [-0.05, 0) is 45.6 Å². The highest BCUT2D eigenvalue weighted by Gasteiger charge is 2.39. The van der Waals surface area contributed by atoms with Crippen LogP contribution in [-0.2, 0) is 16.1 Å². The Kier molecular flexibility index (Phi) is 5.25. The number of nitrogens with zero attached hydrogens (tertiary/aromatic N) is 4. The van der Waals surface area contributed by atoms with Crippen molar-refractivity contribution in [3.63, 3.8) is 0 Å². The van der Waals surface area contributed by atoms with Crippen LogP contribution in [0.15, 0.2) is 6.07 Å². The summed E-state index contributed by atoms with van der Waals surface area (Å²) in [4.78, 5) is 17.3. The van der Waals surface area contributed by atoms with E-state index in [1.165, 1.54) is 12.8 Å². The van der Waals surface area contributed by atoms with Crippen molar-refractivity contribution >= 4 is 5.91 Å². The highest BCUT2D eigenvalue weighted by atomic mass is 16.5. The topological polar surface area (TPSA) is 50.6 Å². The van der Waals surface area contributed by atoms with Crippen LogP contribution in [0, 0.1) is 13.8 Å². The third-order valence-corrected chi connectivity index (χ3v) is 5.70. The summed E-state index contributed by atoms with van der Waals surface area (Å²) < 4.78 is 7.32. The molecule has 1 saturated carbocycles. The van der Waals surface area contributed by atoms with Crippen molar-refractivity contribution < 1.29 is 9.53 Å². The number of hydrogen-bond donors (Lipinski definition) is 0. The number of likely N-dealkylation sites (tertiary alicyclic amines) is 1. The first-order valence-electron chi connectivity index (χ1n) is 9.03. The summed E-state index contributed by atoms with van der Waals surface area (Å²) in [7, 11) is 3.76. The largest absolute Gasteiger partial charge is 0.380 e. The maximum Gasteiger partial charge on any atom is 0.244 e. The summed E-state index contributed by atoms with van der Waals surface area (Å²) in [6.45, 7) is 6.38. The maximum atomic E-state index is 12.8. The fourth-order valence-corrected chi connectivity index (χ4v) is 4.31. The summed E-state index contributed by atoms with van der Waals surface area (Å²) in [6, 6.07) is 2.80. The van der Waals surface area contributed by atoms with Gasteiger partial charge in [0, 0.05) is 45.0 Å². The van der Waals surface area contributed by atoms with Crippen LogP contribution in [0.1, 0.15) is 37.1 Å². The molecule has 2 heterocycles. The second kappa shape index (κ2) is 7.23. The number of likely N-dealkylation sites (N-methyl/N-ethyl adjacent to an activating group) is 1. The molecule has 6 nitrogen and oxygen atoms in total. The minimum absolute atomic E-state index is 0.153. The minimum Gasteiger partial charge on any atom is -0.380 e. The van der Waals surface area contributed by atoms with Crippen LogP contribution in [0.4, 0.5) is 0 Å². The molecule has 0 aromatic carbocycles. The second-order valence-electron chi connectivity index (χ2n) is 7.30. The first-order valence-corrected chi connectivity index (χ1v) is 9.03. The first-order chi connectivity index (χ1) is 11.5. The van der Waals surface area contributed by atoms with Gasteiger partial charge in [0.05, 0.1) is 11.8 Å². The standard InChI is InChI=1S/C18H30N4O2/c1-13-10-14(2)22(19-13)12-18(23)20(3)16-6-5-7-17(16)21-9-8-15(11-21)24-4/h10,15-17H,5-9,11-12H2,1-4H3/t15?,16-,17+/m1/s1. The van der Waals surface area contributed by atoms with Crippen molar-refractivity contribution in [1.29, 1.82) is 0 Å². The van der Waals surface area contributed by atoms with Crippen LogP contribution >= 0.6 is 0 Å². The van der Waals surface area contributed by atoms with Crippen LogP contribution < -0.4 is 0 Å². The van der Waals surface area contributed by atoms with E-state index in [0.717, 1.165) is 37.3 Å². The molecule has 0 bridgehead atoms. The smallest absolute Gasteiger partial charge is 0.244 e. The van der Waals surface area contributed by atoms with Gasteiger partial charge in [0.25, 0.3) is 0 Å². The van der Waals surface area contributed by atoms with Crippen LogP contribution in [0.25, 0.3) is 0 Å². The maximum absolute atomic E-state index is 12.8. The molecular weight excluding hydrogens is 304 g/mol. The molecule has 1 aromatic rings. The lowest BCUT2D eigenvalue weighted by Gasteiger charge is -2.35. The zero-order chi connectivity index (χ0) is 17.3. The van der Waals surface area contributed by atoms with Crippen LogP contribution in [-0.4, -0.2) is 70.9 Å². The number of hydrogen-bond acceptors (Lipinski definition) is 4. The Balaban J connectivity index is 1.63. The van der Waals surface area contributed by atoms with Gasteiger partial charge in [-0.1, -0.05) is 0 Å². The van der Waals surface area contributed by atoms with E-state index >= 15 is 0 Å². The van der Waals surface area contributed by atoms with Gasteiger partial charge in [0.2, 0.25) is 5.91 Å². The van der Waals surface area contributed by atoms with Crippen molar-refractivity contribution in [3.8, 4) is 0 Å². The Morgan fingerprint density at radius 2 is 2.17 bits per heavy atom. The summed E-state index contributed by atoms with van der Waals surface area (Å²) in [5.41, 5.74) is 2.00. The molecule has 3 rings (SSSR count). The zero-order valence-electron chi connectivity index (χ0n) is 15.4. The summed E-state index contributed by atoms with van der Waals surface area (Å²) in [6.07, 6.45) is 4.92. The molecular formula is C18H30N4O2. The predicted molar refractivity (Wildman–Crippen MR) is 92.9 cm³/mol. The molecule has 1 aromatic heterocycles. The average Bonchev–Trinajstić information content (AvgIpc) is 3.26. The molecule has 1 aliphatic heterocycles. The van der Waals surface area contributed by atoms with E-state index in [-0.39, 0.29) is 5.91 Å². The molecule has 0 radical (unpaired) electrons. The van der Waals surface area contributed by atoms with Crippen LogP contribution in [0.5, 0.6) is 0 Å². The lowest BCUT2D eigenvalue weighted by Crippen LogP contribution is -2.49. The fourth-order valence-electron chi connectivity index (χ4n) is 4.31. The molecule has 0 N–H and O–H groups in total. The Labute approximate surface area is 144 Å². The van der Waals surface area contributed by atoms with Gasteiger partial charge in [0.1, 0.15) is 6.54 Å². The van der Waals surface area contributed by atoms with E-state index in [1.807, 2.05) is 36.5 Å². The monoisotopic (exact) mass is 334 g/mol. The zero-order valence-corrected chi connectivity index (χ0v) is 15.4. The number of carbonyl (C=O) groups is 1. The Bertz CT molecular complexity index is 586. The molecule has 1 unspecified atom stereocenters. The van der Waals surface area contributed by atoms with Gasteiger partial charge in [-0.15, -0.1) is 0 Å². The normalized spacial score (nSPS) is 27.8. The SMILES string of the molecule is COC1CCN([C@H]2CCC[C@H]2N(C)C(=O)Cn2nc(C)cc2C)C1. The number of carbonyl (C=O) groups excluding carboxylic acids is 1. The molecule has 134 valence electrons. The quantitative estimate of drug-likeness (QED) is 0.821. The van der Waals surface area contributed by atoms with E-state index in [0.29, 0.717) is 24.7 Å². The Morgan fingerprint density at radius 1 is 1.38 bits per heavy atom. The first kappa shape index (κ1) is 17.4. The Hall–Kier alpha value is -1.40. The highest BCUT2D eigenvalue weighted by molar-refractivity contribution is 5.76. The van der Waals surface area contributed by atoms with Crippen molar-refractivity contribution in [3.05, 3.63) is 17.5 Å². The molecule has 2 fully saturated rings. The third kappa shape index (κ3) is 3.49. The van der Waals surface area contributed by atoms with Gasteiger partial charge >= 0.3 is 0 Å². The fraction of sp³-hybridized carbons (Fsp3) is 0.778. The van der Waals surface area contributed by atoms with Crippen LogP contribution in [0.2, 0.25) is 0 Å². The van der Waals surface area contributed by atoms with Gasteiger partial charge in [0.15, 0.2) is 0 Å². The summed E-state index contributed by atoms with van der Waals surface area (Å²) >= 11 is 0. The van der Waals surface area contributed by atoms with Crippen molar-refractivity contribution in [2.75, 3.05) is 27.2 Å². The lowest BCUT2D eigenvalue weighted by molar-refractivity contribution is -0.133. The molecule has 6 heteroatoms. The number of amides is 1. The van der Waals surface area contributed by atoms with E-state index in [2.05, 4.69) is 10.00 Å². The van der Waals surface area contributed by atoms with Gasteiger partial charge < -0.3 is 9.64 Å². The molecule has 1 aliphatic carbocycles. The molecule has 2 aliphatic rings. The van der Waals surface area contributed by atoms with Crippen LogP contribution in [0.3, 0.4) is 0 Å². The highest BCUT2D eigenvalue weighted by Crippen LogP contribution is 2.31. The summed E-state index contributed by atoms with van der Waals surface area (Å²) in [5, 5.41) is 4.42. The number of methoxy groups -OCH3 is 1. The van der Waals surface area contributed by atoms with E-state index in [1.54, 1.807) is 7.11 Å².